The van der Waals surface area contributed by atoms with Gasteiger partial charge >= 0.3 is 0 Å². The van der Waals surface area contributed by atoms with E-state index in [1.165, 1.54) is 17.2 Å². The number of piperidine rings is 1. The van der Waals surface area contributed by atoms with Gasteiger partial charge in [0.25, 0.3) is 5.91 Å². The number of amides is 1. The van der Waals surface area contributed by atoms with Crippen molar-refractivity contribution in [3.05, 3.63) is 52.9 Å². The van der Waals surface area contributed by atoms with Crippen LogP contribution in [-0.4, -0.2) is 65.0 Å². The number of nitrogens with two attached hydrogens (primary N) is 1. The number of anilines is 1. The number of nitrogen functional groups attached to an aromatic ring is 1. The van der Waals surface area contributed by atoms with Gasteiger partial charge in [0.1, 0.15) is 11.1 Å². The summed E-state index contributed by atoms with van der Waals surface area (Å²) >= 11 is 6.31. The first kappa shape index (κ1) is 28.1. The Morgan fingerprint density at radius 1 is 1.24 bits per heavy atom. The summed E-state index contributed by atoms with van der Waals surface area (Å²) in [6.45, 7) is 4.76. The summed E-state index contributed by atoms with van der Waals surface area (Å²) in [6, 6.07) is 5.40. The van der Waals surface area contributed by atoms with Crippen LogP contribution in [0.1, 0.15) is 48.1 Å². The quantitative estimate of drug-likeness (QED) is 0.370. The van der Waals surface area contributed by atoms with Crippen LogP contribution in [0, 0.1) is 31.6 Å². The number of benzene rings is 1. The zero-order valence-electron chi connectivity index (χ0n) is 21.0. The number of terminal acetylenes is 1. The number of rotatable bonds is 2. The normalized spacial score (nSPS) is 13.3. The number of hydrogen-bond donors (Lipinski definition) is 2. The third-order valence-corrected chi connectivity index (χ3v) is 5.64. The number of nitrogens with zero attached hydrogens (tertiary/aromatic N) is 7. The summed E-state index contributed by atoms with van der Waals surface area (Å²) in [7, 11) is 0. The van der Waals surface area contributed by atoms with Crippen molar-refractivity contribution in [2.45, 2.75) is 39.2 Å². The molecular weight excluding hydrogens is 508 g/mol. The van der Waals surface area contributed by atoms with Crippen LogP contribution in [0.5, 0.6) is 0 Å². The van der Waals surface area contributed by atoms with Gasteiger partial charge in [-0.15, -0.1) is 12.8 Å². The smallest absolute Gasteiger partial charge is 0.275 e. The fourth-order valence-electron chi connectivity index (χ4n) is 3.69. The fraction of sp³-hybridized carbons (Fsp3) is 0.308. The number of carbonyl (C=O) groups excluding carboxylic acids is 1. The molecule has 0 radical (unpaired) electrons. The van der Waals surface area contributed by atoms with Crippen molar-refractivity contribution >= 4 is 34.4 Å². The Hall–Kier alpha value is -4.45. The van der Waals surface area contributed by atoms with Crippen LogP contribution in [0.15, 0.2) is 35.2 Å². The van der Waals surface area contributed by atoms with Crippen molar-refractivity contribution in [1.82, 2.24) is 34.8 Å². The lowest BCUT2D eigenvalue weighted by Crippen LogP contribution is -2.36. The van der Waals surface area contributed by atoms with Crippen LogP contribution in [0.3, 0.4) is 0 Å². The highest BCUT2D eigenvalue weighted by molar-refractivity contribution is 6.32. The topological polar surface area (TPSA) is 149 Å². The number of aryl methyl sites for hydroxylation is 1. The molecule has 0 saturated carbocycles. The molecule has 3 aromatic heterocycles. The van der Waals surface area contributed by atoms with Crippen LogP contribution in [0.2, 0.25) is 5.02 Å². The minimum atomic E-state index is -0.752. The highest BCUT2D eigenvalue weighted by Crippen LogP contribution is 2.27. The molecule has 1 aromatic carbocycles. The lowest BCUT2D eigenvalue weighted by Gasteiger charge is -2.25. The van der Waals surface area contributed by atoms with Crippen LogP contribution in [0.25, 0.3) is 16.7 Å². The largest absolute Gasteiger partial charge is 0.381 e. The molecular formula is C26H27ClN8O3. The van der Waals surface area contributed by atoms with Gasteiger partial charge in [0.15, 0.2) is 17.8 Å². The van der Waals surface area contributed by atoms with Gasteiger partial charge in [0.05, 0.1) is 11.7 Å². The van der Waals surface area contributed by atoms with Crippen molar-refractivity contribution in [1.29, 1.82) is 0 Å². The van der Waals surface area contributed by atoms with Crippen molar-refractivity contribution in [3.8, 4) is 30.5 Å². The van der Waals surface area contributed by atoms with Gasteiger partial charge in [0.2, 0.25) is 11.8 Å². The molecule has 1 fully saturated rings. The van der Waals surface area contributed by atoms with E-state index in [1.807, 2.05) is 4.90 Å². The van der Waals surface area contributed by atoms with Crippen molar-refractivity contribution in [2.75, 3.05) is 18.8 Å². The van der Waals surface area contributed by atoms with E-state index in [4.69, 9.17) is 17.3 Å². The van der Waals surface area contributed by atoms with Crippen molar-refractivity contribution < 1.29 is 14.4 Å². The van der Waals surface area contributed by atoms with Gasteiger partial charge in [0, 0.05) is 31.0 Å². The van der Waals surface area contributed by atoms with Crippen molar-refractivity contribution in [2.24, 2.45) is 0 Å². The molecule has 0 bridgehead atoms. The van der Waals surface area contributed by atoms with E-state index in [1.54, 1.807) is 32.0 Å². The fourth-order valence-corrected chi connectivity index (χ4v) is 3.87. The first-order valence-corrected chi connectivity index (χ1v) is 12.1. The van der Waals surface area contributed by atoms with Gasteiger partial charge in [-0.3, -0.25) is 4.79 Å². The predicted molar refractivity (Wildman–Crippen MR) is 143 cm³/mol. The summed E-state index contributed by atoms with van der Waals surface area (Å²) in [5.41, 5.74) is 7.37. The van der Waals surface area contributed by atoms with E-state index < -0.39 is 6.10 Å². The molecule has 4 heterocycles. The highest BCUT2D eigenvalue weighted by Gasteiger charge is 2.25. The summed E-state index contributed by atoms with van der Waals surface area (Å²) in [5.74, 6) is 6.45. The molecule has 1 amide bonds. The minimum Gasteiger partial charge on any atom is -0.381 e. The molecule has 1 atom stereocenters. The number of carbonyl (C=O) groups is 1. The number of hydrogen-bond acceptors (Lipinski definition) is 9. The SMILES string of the molecule is C#C.C[C@@H](O)C#Cc1ccc2c(C(=O)N3CCCCC3)nn(-c3nc(N)ncc3Cl)c2c1.Cc1ncno1. The van der Waals surface area contributed by atoms with E-state index in [2.05, 4.69) is 54.4 Å². The Morgan fingerprint density at radius 2 is 1.97 bits per heavy atom. The molecule has 3 N–H and O–H groups in total. The lowest BCUT2D eigenvalue weighted by molar-refractivity contribution is 0.0719. The molecule has 4 aromatic rings. The summed E-state index contributed by atoms with van der Waals surface area (Å²) in [6.07, 6.45) is 13.1. The maximum Gasteiger partial charge on any atom is 0.275 e. The van der Waals surface area contributed by atoms with E-state index in [0.29, 0.717) is 41.1 Å². The zero-order chi connectivity index (χ0) is 27.7. The molecule has 38 heavy (non-hydrogen) atoms. The van der Waals surface area contributed by atoms with Crippen LogP contribution < -0.4 is 5.73 Å². The highest BCUT2D eigenvalue weighted by atomic mass is 35.5. The average Bonchev–Trinajstić information content (AvgIpc) is 3.57. The Morgan fingerprint density at radius 3 is 2.58 bits per heavy atom. The van der Waals surface area contributed by atoms with E-state index in [-0.39, 0.29) is 22.7 Å². The number of likely N-dealkylation sites (tertiary alicyclic amines) is 1. The Bertz CT molecular complexity index is 1460. The van der Waals surface area contributed by atoms with Crippen LogP contribution >= 0.6 is 11.6 Å². The molecule has 5 rings (SSSR count). The van der Waals surface area contributed by atoms with E-state index in [9.17, 15) is 9.90 Å². The van der Waals surface area contributed by atoms with Gasteiger partial charge in [-0.25, -0.2) is 9.67 Å². The van der Waals surface area contributed by atoms with Gasteiger partial charge in [-0.1, -0.05) is 28.6 Å². The van der Waals surface area contributed by atoms with Crippen LogP contribution in [0.4, 0.5) is 5.95 Å². The average molecular weight is 535 g/mol. The summed E-state index contributed by atoms with van der Waals surface area (Å²) in [5, 5.41) is 18.3. The molecule has 1 saturated heterocycles. The lowest BCUT2D eigenvalue weighted by atomic mass is 10.1. The van der Waals surface area contributed by atoms with Gasteiger partial charge in [-0.2, -0.15) is 15.1 Å². The Labute approximate surface area is 225 Å². The Kier molecular flexibility index (Phi) is 9.77. The number of fused-ring (bicyclic) bond motifs is 1. The number of halogens is 1. The van der Waals surface area contributed by atoms with E-state index in [0.717, 1.165) is 19.3 Å². The standard InChI is InChI=1S/C21H21ClN6O2.C3H4N2O.C2H2/c1-13(29)5-6-14-7-8-15-17(11-14)28(19-16(22)12-24-21(23)25-19)26-18(15)20(30)27-9-3-2-4-10-27;1-3-4-2-5-6-3;1-2/h7-8,11-13,29H,2-4,9-10H2,1H3,(H2,23,24,25);2H,1H3;1-2H/t13-;;/m1../s1. The van der Waals surface area contributed by atoms with Crippen LogP contribution in [-0.2, 0) is 0 Å². The molecule has 1 aliphatic heterocycles. The predicted octanol–water partition coefficient (Wildman–Crippen LogP) is 3.04. The third kappa shape index (κ3) is 6.85. The van der Waals surface area contributed by atoms with E-state index >= 15 is 0 Å². The second-order valence-electron chi connectivity index (χ2n) is 8.15. The molecule has 12 heteroatoms. The number of aliphatic hydroxyl groups is 1. The maximum absolute atomic E-state index is 13.2. The monoisotopic (exact) mass is 534 g/mol. The minimum absolute atomic E-state index is 0.0482. The second kappa shape index (κ2) is 13.2. The molecule has 0 spiro atoms. The first-order chi connectivity index (χ1) is 18.3. The first-order valence-electron chi connectivity index (χ1n) is 11.7. The summed E-state index contributed by atoms with van der Waals surface area (Å²) < 4.78 is 5.97. The molecule has 0 unspecified atom stereocenters. The zero-order valence-corrected chi connectivity index (χ0v) is 21.8. The summed E-state index contributed by atoms with van der Waals surface area (Å²) in [4.78, 5) is 26.8. The number of aliphatic hydroxyl groups excluding tert-OH is 1. The Balaban J connectivity index is 0.000000434. The molecule has 0 aliphatic carbocycles. The number of aromatic nitrogens is 6. The van der Waals surface area contributed by atoms with Crippen molar-refractivity contribution in [3.63, 3.8) is 0 Å². The second-order valence-corrected chi connectivity index (χ2v) is 8.56. The third-order valence-electron chi connectivity index (χ3n) is 5.37. The molecule has 1 aliphatic rings. The molecule has 196 valence electrons. The van der Waals surface area contributed by atoms with Gasteiger partial charge < -0.3 is 20.3 Å². The molecule has 11 nitrogen and oxygen atoms in total. The maximum atomic E-state index is 13.2. The van der Waals surface area contributed by atoms with Gasteiger partial charge in [-0.05, 0) is 44.4 Å².